The molecule has 4 aromatic rings. The van der Waals surface area contributed by atoms with E-state index in [4.69, 9.17) is 14.2 Å². The number of carbonyl (C=O) groups is 4. The summed E-state index contributed by atoms with van der Waals surface area (Å²) in [6.45, 7) is 21.9. The quantitative estimate of drug-likeness (QED) is 0.0765. The number of esters is 3. The molecule has 3 aliphatic rings. The number of carbonyl (C=O) groups excluding carboxylic acids is 4. The topological polar surface area (TPSA) is 214 Å². The van der Waals surface area contributed by atoms with Crippen molar-refractivity contribution in [1.82, 2.24) is 19.0 Å². The molecule has 16 heteroatoms. The number of aromatic nitrogens is 3. The van der Waals surface area contributed by atoms with Crippen LogP contribution in [0, 0.1) is 35.5 Å². The number of benzene rings is 1. The molecule has 1 atom stereocenters. The van der Waals surface area contributed by atoms with Crippen molar-refractivity contribution in [2.24, 2.45) is 21.1 Å². The molecule has 0 radical (unpaired) electrons. The second-order valence-electron chi connectivity index (χ2n) is 21.1. The lowest BCUT2D eigenvalue weighted by atomic mass is 9.95. The zero-order chi connectivity index (χ0) is 60.3. The molecule has 81 heavy (non-hydrogen) atoms. The minimum atomic E-state index is -1.21. The van der Waals surface area contributed by atoms with E-state index in [9.17, 15) is 43.8 Å². The molecule has 3 N–H and O–H groups in total. The van der Waals surface area contributed by atoms with Gasteiger partial charge in [-0.05, 0) is 93.6 Å². The molecular formula is C65H76N4O12. The third-order valence-electron chi connectivity index (χ3n) is 14.0. The van der Waals surface area contributed by atoms with Crippen LogP contribution in [0.3, 0.4) is 0 Å². The highest BCUT2D eigenvalue weighted by Gasteiger charge is 2.34. The van der Waals surface area contributed by atoms with Crippen LogP contribution in [0.15, 0.2) is 80.0 Å². The highest BCUT2D eigenvalue weighted by atomic mass is 16.5. The second kappa shape index (κ2) is 26.8. The Kier molecular flexibility index (Phi) is 21.1. The SMILES string of the molecule is CCOC(=O)C1=C(C)Cc2c1c(C#CC(C)(C)NC(C)=O)cn(C)c2=O.CCOC(=O)C1=C(C)Cc2c1c(C#CC(C)(O)CCc1ccccc1)cn(C)c2=O.CCOC(=O)C1=C(C)Cc2c1c(C#CC(O)(CC)CC)cn(C)c2=O. The number of ether oxygens (including phenoxy) is 3. The molecule has 1 aromatic carbocycles. The minimum absolute atomic E-state index is 0.138. The number of rotatable bonds is 12. The standard InChI is InChI=1S/C25H27NO4.C20H24N2O4.C20H25NO4/c1-5-30-24(28)21-17(2)15-20-22(21)19(16-26(4)23(20)27)12-14-25(3,29)13-11-18-9-7-6-8-10-18;1-7-26-19(25)16-12(2)10-15-17(16)14(11-22(6)18(15)24)8-9-20(4,5)21-13(3)23;1-6-20(24,7-2)10-9-14-12-21(5)18(22)15-11-13(4)16(17(14)15)19(23)25-8-3/h6-10,16,29H,5,11,13,15H2,1-4H3;11H,7,10H2,1-6H3,(H,21,23);12,24H,6-8,11H2,1-5H3. The van der Waals surface area contributed by atoms with Gasteiger partial charge in [0.2, 0.25) is 5.91 Å². The van der Waals surface area contributed by atoms with Gasteiger partial charge >= 0.3 is 17.9 Å². The fourth-order valence-electron chi connectivity index (χ4n) is 9.77. The van der Waals surface area contributed by atoms with E-state index in [0.717, 1.165) is 22.3 Å². The van der Waals surface area contributed by atoms with Crippen molar-refractivity contribution in [1.29, 1.82) is 0 Å². The van der Waals surface area contributed by atoms with Crippen LogP contribution in [0.25, 0.3) is 16.7 Å². The van der Waals surface area contributed by atoms with Gasteiger partial charge in [0.25, 0.3) is 16.7 Å². The van der Waals surface area contributed by atoms with Crippen molar-refractivity contribution in [3.8, 4) is 35.5 Å². The van der Waals surface area contributed by atoms with E-state index in [1.807, 2.05) is 65.0 Å². The van der Waals surface area contributed by atoms with Crippen molar-refractivity contribution in [3.63, 3.8) is 0 Å². The van der Waals surface area contributed by atoms with E-state index < -0.39 is 34.6 Å². The maximum absolute atomic E-state index is 12.6. The zero-order valence-electron chi connectivity index (χ0n) is 49.5. The summed E-state index contributed by atoms with van der Waals surface area (Å²) < 4.78 is 20.0. The van der Waals surface area contributed by atoms with Gasteiger partial charge in [-0.3, -0.25) is 19.2 Å². The first-order valence-electron chi connectivity index (χ1n) is 27.2. The molecule has 0 spiro atoms. The van der Waals surface area contributed by atoms with Crippen molar-refractivity contribution in [3.05, 3.63) is 152 Å². The first-order chi connectivity index (χ1) is 38.1. The predicted octanol–water partition coefficient (Wildman–Crippen LogP) is 6.74. The molecule has 16 nitrogen and oxygen atoms in total. The zero-order valence-corrected chi connectivity index (χ0v) is 49.5. The van der Waals surface area contributed by atoms with Crippen LogP contribution in [-0.2, 0) is 80.2 Å². The molecule has 0 saturated heterocycles. The number of allylic oxidation sites excluding steroid dienone is 3. The van der Waals surface area contributed by atoms with Crippen LogP contribution in [-0.4, -0.2) is 84.3 Å². The number of amides is 1. The van der Waals surface area contributed by atoms with Crippen LogP contribution in [0.5, 0.6) is 0 Å². The molecule has 3 aliphatic carbocycles. The fraction of sp³-hybridized carbons (Fsp3) is 0.431. The van der Waals surface area contributed by atoms with E-state index in [1.165, 1.54) is 20.6 Å². The van der Waals surface area contributed by atoms with E-state index in [-0.39, 0.29) is 42.4 Å². The summed E-state index contributed by atoms with van der Waals surface area (Å²) in [5.41, 5.74) is 6.32. The molecule has 428 valence electrons. The van der Waals surface area contributed by atoms with E-state index >= 15 is 0 Å². The first kappa shape index (κ1) is 63.6. The number of aryl methyl sites for hydroxylation is 4. The number of fused-ring (bicyclic) bond motifs is 3. The van der Waals surface area contributed by atoms with Crippen LogP contribution in [0.2, 0.25) is 0 Å². The average Bonchev–Trinajstić information content (AvgIpc) is 4.09. The largest absolute Gasteiger partial charge is 0.462 e. The van der Waals surface area contributed by atoms with Crippen molar-refractivity contribution >= 4 is 40.5 Å². The number of pyridine rings is 3. The van der Waals surface area contributed by atoms with E-state index in [2.05, 4.69) is 40.8 Å². The molecule has 3 heterocycles. The monoisotopic (exact) mass is 1100 g/mol. The van der Waals surface area contributed by atoms with Gasteiger partial charge in [-0.15, -0.1) is 0 Å². The Hall–Kier alpha value is -8.23. The fourth-order valence-corrected chi connectivity index (χ4v) is 9.77. The molecule has 1 unspecified atom stereocenters. The summed E-state index contributed by atoms with van der Waals surface area (Å²) in [5, 5.41) is 24.0. The number of aliphatic hydroxyl groups is 2. The molecule has 1 amide bonds. The van der Waals surface area contributed by atoms with Gasteiger partial charge in [-0.2, -0.15) is 0 Å². The van der Waals surface area contributed by atoms with Crippen LogP contribution in [0.4, 0.5) is 0 Å². The third-order valence-corrected chi connectivity index (χ3v) is 14.0. The average molecular weight is 1110 g/mol. The van der Waals surface area contributed by atoms with Gasteiger partial charge in [0.15, 0.2) is 0 Å². The predicted molar refractivity (Wildman–Crippen MR) is 313 cm³/mol. The molecule has 0 fully saturated rings. The Morgan fingerprint density at radius 2 is 0.914 bits per heavy atom. The van der Waals surface area contributed by atoms with E-state index in [1.54, 1.807) is 81.3 Å². The Labute approximate surface area is 474 Å². The summed E-state index contributed by atoms with van der Waals surface area (Å²) in [6.07, 6.45) is 8.26. The summed E-state index contributed by atoms with van der Waals surface area (Å²) in [7, 11) is 4.99. The van der Waals surface area contributed by atoms with Gasteiger partial charge < -0.3 is 43.4 Å². The summed E-state index contributed by atoms with van der Waals surface area (Å²) in [4.78, 5) is 86.3. The lowest BCUT2D eigenvalue weighted by Gasteiger charge is -2.18. The Bertz CT molecular complexity index is 3630. The molecule has 3 aromatic heterocycles. The Morgan fingerprint density at radius 1 is 0.568 bits per heavy atom. The molecular weight excluding hydrogens is 1030 g/mol. The van der Waals surface area contributed by atoms with Gasteiger partial charge in [-0.25, -0.2) is 14.4 Å². The highest BCUT2D eigenvalue weighted by molar-refractivity contribution is 6.21. The smallest absolute Gasteiger partial charge is 0.338 e. The molecule has 0 saturated carbocycles. The Morgan fingerprint density at radius 3 is 1.25 bits per heavy atom. The van der Waals surface area contributed by atoms with Crippen LogP contribution >= 0.6 is 0 Å². The lowest BCUT2D eigenvalue weighted by molar-refractivity contribution is -0.137. The van der Waals surface area contributed by atoms with Crippen molar-refractivity contribution < 1.29 is 43.6 Å². The lowest BCUT2D eigenvalue weighted by Crippen LogP contribution is -2.40. The minimum Gasteiger partial charge on any atom is -0.462 e. The van der Waals surface area contributed by atoms with Gasteiger partial charge in [0.1, 0.15) is 11.2 Å². The van der Waals surface area contributed by atoms with Gasteiger partial charge in [0, 0.05) is 116 Å². The second-order valence-corrected chi connectivity index (χ2v) is 21.1. The van der Waals surface area contributed by atoms with Crippen molar-refractivity contribution in [2.45, 2.75) is 145 Å². The van der Waals surface area contributed by atoms with E-state index in [0.29, 0.717) is 112 Å². The summed E-state index contributed by atoms with van der Waals surface area (Å²) in [5.74, 6) is 16.4. The first-order valence-corrected chi connectivity index (χ1v) is 27.2. The van der Waals surface area contributed by atoms with Crippen molar-refractivity contribution in [2.75, 3.05) is 19.8 Å². The summed E-state index contributed by atoms with van der Waals surface area (Å²) >= 11 is 0. The number of hydrogen-bond acceptors (Lipinski definition) is 12. The number of nitrogens with zero attached hydrogens (tertiary/aromatic N) is 3. The van der Waals surface area contributed by atoms with Gasteiger partial charge in [-0.1, -0.05) is 96.4 Å². The summed E-state index contributed by atoms with van der Waals surface area (Å²) in [6, 6.07) is 9.92. The maximum atomic E-state index is 12.6. The Balaban J connectivity index is 0.000000224. The molecule has 7 rings (SSSR count). The van der Waals surface area contributed by atoms with Crippen LogP contribution < -0.4 is 22.0 Å². The normalized spacial score (nSPS) is 13.7. The maximum Gasteiger partial charge on any atom is 0.338 e. The number of hydrogen-bond donors (Lipinski definition) is 3. The third kappa shape index (κ3) is 15.2. The molecule has 0 aliphatic heterocycles. The molecule has 0 bridgehead atoms. The van der Waals surface area contributed by atoms with Crippen LogP contribution in [0.1, 0.15) is 158 Å². The highest BCUT2D eigenvalue weighted by Crippen LogP contribution is 2.37. The van der Waals surface area contributed by atoms with Gasteiger partial charge in [0.05, 0.1) is 42.1 Å². The number of nitrogens with one attached hydrogen (secondary N) is 1.